The molecule has 0 radical (unpaired) electrons. The molecule has 2 rings (SSSR count). The molecule has 182 valence electrons. The minimum Gasteiger partial charge on any atom is -1.00 e. The van der Waals surface area contributed by atoms with E-state index in [9.17, 15) is 8.42 Å². The fraction of sp³-hybridized carbons (Fsp3) is 0.643. The second kappa shape index (κ2) is 18.9. The number of benzene rings is 2. The van der Waals surface area contributed by atoms with E-state index in [0.29, 0.717) is 0 Å². The Bertz CT molecular complexity index is 852. The van der Waals surface area contributed by atoms with Crippen LogP contribution < -0.4 is 29.6 Å². The van der Waals surface area contributed by atoms with Gasteiger partial charge in [0.1, 0.15) is 4.90 Å². The van der Waals surface area contributed by atoms with Crippen LogP contribution in [0.2, 0.25) is 0 Å². The average Bonchev–Trinajstić information content (AvgIpc) is 2.80. The van der Waals surface area contributed by atoms with Gasteiger partial charge < -0.3 is 1.43 Å². The standard InChI is InChI=1S/C28H44O3S.Na.H/c1-2-3-4-5-6-7-8-9-10-11-12-13-14-15-16-19-25-31-32(29,30)28-24-20-22-26-21-17-18-23-27(26)28;;/h17-18,20-24H,2-16,19,25H2,1H3;;/q;+1;-1. The smallest absolute Gasteiger partial charge is 1.00 e. The van der Waals surface area contributed by atoms with Crippen molar-refractivity contribution in [2.75, 3.05) is 6.61 Å². The Hall–Kier alpha value is -0.390. The van der Waals surface area contributed by atoms with Gasteiger partial charge in [-0.25, -0.2) is 0 Å². The Morgan fingerprint density at radius 2 is 1.09 bits per heavy atom. The summed E-state index contributed by atoms with van der Waals surface area (Å²) in [5.74, 6) is 0. The fourth-order valence-electron chi connectivity index (χ4n) is 4.30. The first-order valence-electron chi connectivity index (χ1n) is 13.0. The maximum Gasteiger partial charge on any atom is 1.00 e. The largest absolute Gasteiger partial charge is 1.00 e. The summed E-state index contributed by atoms with van der Waals surface area (Å²) < 4.78 is 30.5. The molecule has 0 aromatic heterocycles. The van der Waals surface area contributed by atoms with E-state index in [1.807, 2.05) is 30.3 Å². The monoisotopic (exact) mass is 484 g/mol. The van der Waals surface area contributed by atoms with Crippen molar-refractivity contribution >= 4 is 20.9 Å². The molecule has 0 bridgehead atoms. The average molecular weight is 485 g/mol. The van der Waals surface area contributed by atoms with Crippen LogP contribution in [0.15, 0.2) is 47.4 Å². The van der Waals surface area contributed by atoms with Gasteiger partial charge in [-0.1, -0.05) is 140 Å². The van der Waals surface area contributed by atoms with E-state index < -0.39 is 10.1 Å². The molecule has 0 fully saturated rings. The quantitative estimate of drug-likeness (QED) is 0.141. The van der Waals surface area contributed by atoms with E-state index in [1.165, 1.54) is 83.5 Å². The van der Waals surface area contributed by atoms with Crippen molar-refractivity contribution in [3.8, 4) is 0 Å². The van der Waals surface area contributed by atoms with Gasteiger partial charge in [0.2, 0.25) is 0 Å². The number of rotatable bonds is 19. The summed E-state index contributed by atoms with van der Waals surface area (Å²) in [4.78, 5) is 0.270. The Labute approximate surface area is 227 Å². The third-order valence-electron chi connectivity index (χ3n) is 6.26. The Balaban J connectivity index is 0.00000544. The van der Waals surface area contributed by atoms with Crippen molar-refractivity contribution in [3.05, 3.63) is 42.5 Å². The van der Waals surface area contributed by atoms with Gasteiger partial charge in [-0.3, -0.25) is 4.18 Å². The maximum absolute atomic E-state index is 12.6. The molecular weight excluding hydrogens is 439 g/mol. The predicted molar refractivity (Wildman–Crippen MR) is 138 cm³/mol. The van der Waals surface area contributed by atoms with Crippen molar-refractivity contribution in [2.45, 2.75) is 115 Å². The van der Waals surface area contributed by atoms with Gasteiger partial charge in [0.05, 0.1) is 6.61 Å². The van der Waals surface area contributed by atoms with Crippen molar-refractivity contribution in [1.82, 2.24) is 0 Å². The molecule has 0 atom stereocenters. The topological polar surface area (TPSA) is 43.4 Å². The number of unbranched alkanes of at least 4 members (excludes halogenated alkanes) is 15. The van der Waals surface area contributed by atoms with Crippen molar-refractivity contribution < 1.29 is 43.6 Å². The number of hydrogen-bond donors (Lipinski definition) is 0. The van der Waals surface area contributed by atoms with Gasteiger partial charge >= 0.3 is 29.6 Å². The number of hydrogen-bond acceptors (Lipinski definition) is 3. The molecule has 2 aromatic rings. The SMILES string of the molecule is CCCCCCCCCCCCCCCCCCOS(=O)(=O)c1cccc2ccccc12.[H-].[Na+]. The minimum atomic E-state index is -3.71. The molecule has 0 aliphatic carbocycles. The van der Waals surface area contributed by atoms with E-state index in [0.717, 1.165) is 30.0 Å². The first-order valence-corrected chi connectivity index (χ1v) is 14.4. The van der Waals surface area contributed by atoms with Crippen LogP contribution >= 0.6 is 0 Å². The zero-order chi connectivity index (χ0) is 22.9. The normalized spacial score (nSPS) is 11.5. The first-order chi connectivity index (χ1) is 15.6. The van der Waals surface area contributed by atoms with E-state index in [-0.39, 0.29) is 42.5 Å². The summed E-state index contributed by atoms with van der Waals surface area (Å²) in [5.41, 5.74) is 0. The van der Waals surface area contributed by atoms with Crippen LogP contribution in [0.1, 0.15) is 111 Å². The second-order valence-electron chi connectivity index (χ2n) is 9.06. The summed E-state index contributed by atoms with van der Waals surface area (Å²) in [5, 5.41) is 1.64. The van der Waals surface area contributed by atoms with Gasteiger partial charge in [0.15, 0.2) is 0 Å². The van der Waals surface area contributed by atoms with Crippen molar-refractivity contribution in [1.29, 1.82) is 0 Å². The first kappa shape index (κ1) is 30.6. The molecule has 0 unspecified atom stereocenters. The van der Waals surface area contributed by atoms with E-state index >= 15 is 0 Å². The Morgan fingerprint density at radius 3 is 1.64 bits per heavy atom. The fourth-order valence-corrected chi connectivity index (χ4v) is 5.46. The maximum atomic E-state index is 12.6. The van der Waals surface area contributed by atoms with Crippen LogP contribution in [0.4, 0.5) is 0 Å². The van der Waals surface area contributed by atoms with E-state index in [4.69, 9.17) is 4.18 Å². The molecular formula is C28H45NaO3S. The molecule has 33 heavy (non-hydrogen) atoms. The van der Waals surface area contributed by atoms with Gasteiger partial charge in [-0.2, -0.15) is 8.42 Å². The molecule has 0 saturated carbocycles. The molecule has 0 amide bonds. The van der Waals surface area contributed by atoms with Crippen molar-refractivity contribution in [3.63, 3.8) is 0 Å². The van der Waals surface area contributed by atoms with Crippen LogP contribution in [0.5, 0.6) is 0 Å². The third-order valence-corrected chi connectivity index (χ3v) is 7.63. The molecule has 5 heteroatoms. The second-order valence-corrected chi connectivity index (χ2v) is 10.6. The van der Waals surface area contributed by atoms with Crippen molar-refractivity contribution in [2.24, 2.45) is 0 Å². The summed E-state index contributed by atoms with van der Waals surface area (Å²) in [7, 11) is -3.71. The molecule has 0 spiro atoms. The van der Waals surface area contributed by atoms with Gasteiger partial charge in [-0.05, 0) is 17.9 Å². The predicted octanol–water partition coefficient (Wildman–Crippen LogP) is 5.92. The van der Waals surface area contributed by atoms with E-state index in [2.05, 4.69) is 6.92 Å². The summed E-state index contributed by atoms with van der Waals surface area (Å²) >= 11 is 0. The summed E-state index contributed by atoms with van der Waals surface area (Å²) in [6, 6.07) is 12.8. The molecule has 0 heterocycles. The molecule has 2 aromatic carbocycles. The summed E-state index contributed by atoms with van der Waals surface area (Å²) in [6.07, 6.45) is 20.8. The summed E-state index contributed by atoms with van der Waals surface area (Å²) in [6.45, 7) is 2.54. The third kappa shape index (κ3) is 12.8. The van der Waals surface area contributed by atoms with Gasteiger partial charge in [0, 0.05) is 5.39 Å². The van der Waals surface area contributed by atoms with Gasteiger partial charge in [0.25, 0.3) is 10.1 Å². The zero-order valence-electron chi connectivity index (χ0n) is 22.2. The molecule has 0 N–H and O–H groups in total. The molecule has 0 aliphatic heterocycles. The van der Waals surface area contributed by atoms with Crippen LogP contribution in [-0.4, -0.2) is 15.0 Å². The van der Waals surface area contributed by atoms with E-state index in [1.54, 1.807) is 12.1 Å². The Kier molecular flexibility index (Phi) is 17.5. The number of fused-ring (bicyclic) bond motifs is 1. The van der Waals surface area contributed by atoms with Crippen LogP contribution in [-0.2, 0) is 14.3 Å². The zero-order valence-corrected chi connectivity index (χ0v) is 24.0. The van der Waals surface area contributed by atoms with Crippen LogP contribution in [0.3, 0.4) is 0 Å². The molecule has 0 saturated heterocycles. The van der Waals surface area contributed by atoms with Crippen LogP contribution in [0, 0.1) is 0 Å². The Morgan fingerprint density at radius 1 is 0.636 bits per heavy atom. The minimum absolute atomic E-state index is 0. The molecule has 3 nitrogen and oxygen atoms in total. The van der Waals surface area contributed by atoms with Gasteiger partial charge in [-0.15, -0.1) is 0 Å². The molecule has 0 aliphatic rings. The van der Waals surface area contributed by atoms with Crippen LogP contribution in [0.25, 0.3) is 10.8 Å².